The third-order valence-electron chi connectivity index (χ3n) is 2.83. The molecule has 1 aromatic rings. The molecule has 0 heterocycles. The van der Waals surface area contributed by atoms with Crippen LogP contribution in [0.1, 0.15) is 39.2 Å². The Labute approximate surface area is 112 Å². The second kappa shape index (κ2) is 7.12. The maximum Gasteiger partial charge on any atom is 0.124 e. The first kappa shape index (κ1) is 14.7. The number of hydrogen-bond acceptors (Lipinski definition) is 1. The van der Waals surface area contributed by atoms with Gasteiger partial charge in [-0.2, -0.15) is 0 Å². The number of hydrogen-bond donors (Lipinski definition) is 1. The maximum absolute atomic E-state index is 12.9. The summed E-state index contributed by atoms with van der Waals surface area (Å²) in [6.45, 7) is 7.45. The summed E-state index contributed by atoms with van der Waals surface area (Å²) in [6, 6.07) is 5.33. The molecule has 0 spiro atoms. The zero-order valence-corrected chi connectivity index (χ0v) is 12.3. The van der Waals surface area contributed by atoms with E-state index >= 15 is 0 Å². The van der Waals surface area contributed by atoms with Crippen molar-refractivity contribution >= 4 is 15.9 Å². The molecule has 0 aromatic heterocycles. The molecule has 1 unspecified atom stereocenters. The van der Waals surface area contributed by atoms with E-state index in [2.05, 4.69) is 42.0 Å². The predicted octanol–water partition coefficient (Wildman–Crippen LogP) is 4.50. The predicted molar refractivity (Wildman–Crippen MR) is 74.5 cm³/mol. The molecule has 1 nitrogen and oxygen atoms in total. The fourth-order valence-electron chi connectivity index (χ4n) is 1.63. The molecule has 1 rings (SSSR count). The van der Waals surface area contributed by atoms with Crippen LogP contribution in [-0.2, 0) is 6.54 Å². The van der Waals surface area contributed by atoms with Crippen molar-refractivity contribution in [1.82, 2.24) is 5.32 Å². The molecule has 96 valence electrons. The fourth-order valence-corrected chi connectivity index (χ4v) is 2.13. The highest BCUT2D eigenvalue weighted by atomic mass is 79.9. The highest BCUT2D eigenvalue weighted by Gasteiger charge is 2.05. The van der Waals surface area contributed by atoms with Gasteiger partial charge in [-0.3, -0.25) is 0 Å². The van der Waals surface area contributed by atoms with E-state index in [-0.39, 0.29) is 5.82 Å². The Morgan fingerprint density at radius 3 is 2.53 bits per heavy atom. The average Bonchev–Trinajstić information content (AvgIpc) is 2.25. The standard InChI is InChI=1S/C14H21BrFN/c1-10(2)4-5-11(3)17-9-12-6-7-13(16)8-14(12)15/h6-8,10-11,17H,4-5,9H2,1-3H3. The van der Waals surface area contributed by atoms with Gasteiger partial charge in [-0.05, 0) is 43.4 Å². The summed E-state index contributed by atoms with van der Waals surface area (Å²) < 4.78 is 13.7. The minimum absolute atomic E-state index is 0.200. The number of halogens is 2. The Morgan fingerprint density at radius 2 is 1.94 bits per heavy atom. The molecular weight excluding hydrogens is 281 g/mol. The van der Waals surface area contributed by atoms with Crippen LogP contribution >= 0.6 is 15.9 Å². The van der Waals surface area contributed by atoms with Gasteiger partial charge in [0.05, 0.1) is 0 Å². The van der Waals surface area contributed by atoms with Crippen molar-refractivity contribution < 1.29 is 4.39 Å². The Morgan fingerprint density at radius 1 is 1.24 bits per heavy atom. The highest BCUT2D eigenvalue weighted by molar-refractivity contribution is 9.10. The van der Waals surface area contributed by atoms with Crippen LogP contribution in [0.25, 0.3) is 0 Å². The van der Waals surface area contributed by atoms with Gasteiger partial charge in [0.1, 0.15) is 5.82 Å². The molecule has 0 aliphatic carbocycles. The van der Waals surface area contributed by atoms with E-state index in [4.69, 9.17) is 0 Å². The first-order chi connectivity index (χ1) is 7.99. The quantitative estimate of drug-likeness (QED) is 0.815. The van der Waals surface area contributed by atoms with E-state index in [0.717, 1.165) is 22.5 Å². The number of rotatable bonds is 6. The Bertz CT molecular complexity index is 352. The van der Waals surface area contributed by atoms with Crippen LogP contribution < -0.4 is 5.32 Å². The van der Waals surface area contributed by atoms with Gasteiger partial charge in [0, 0.05) is 17.1 Å². The molecule has 0 amide bonds. The van der Waals surface area contributed by atoms with Crippen molar-refractivity contribution in [3.63, 3.8) is 0 Å². The summed E-state index contributed by atoms with van der Waals surface area (Å²) in [5, 5.41) is 3.46. The van der Waals surface area contributed by atoms with Crippen LogP contribution in [0.3, 0.4) is 0 Å². The summed E-state index contributed by atoms with van der Waals surface area (Å²) in [7, 11) is 0. The van der Waals surface area contributed by atoms with Crippen molar-refractivity contribution in [1.29, 1.82) is 0 Å². The van der Waals surface area contributed by atoms with Crippen LogP contribution in [0, 0.1) is 11.7 Å². The van der Waals surface area contributed by atoms with Gasteiger partial charge in [0.25, 0.3) is 0 Å². The van der Waals surface area contributed by atoms with Crippen LogP contribution in [0.5, 0.6) is 0 Å². The lowest BCUT2D eigenvalue weighted by atomic mass is 10.0. The van der Waals surface area contributed by atoms with E-state index in [1.54, 1.807) is 0 Å². The monoisotopic (exact) mass is 301 g/mol. The minimum Gasteiger partial charge on any atom is -0.310 e. The number of nitrogens with one attached hydrogen (secondary N) is 1. The maximum atomic E-state index is 12.9. The van der Waals surface area contributed by atoms with Gasteiger partial charge in [-0.15, -0.1) is 0 Å². The Balaban J connectivity index is 2.39. The molecule has 1 N–H and O–H groups in total. The third-order valence-corrected chi connectivity index (χ3v) is 3.57. The van der Waals surface area contributed by atoms with Crippen molar-refractivity contribution in [2.75, 3.05) is 0 Å². The molecular formula is C14H21BrFN. The van der Waals surface area contributed by atoms with Crippen LogP contribution in [0.4, 0.5) is 4.39 Å². The van der Waals surface area contributed by atoms with E-state index in [0.29, 0.717) is 6.04 Å². The third kappa shape index (κ3) is 5.64. The van der Waals surface area contributed by atoms with Gasteiger partial charge in [-0.1, -0.05) is 35.8 Å². The molecule has 0 aliphatic rings. The topological polar surface area (TPSA) is 12.0 Å². The molecule has 0 radical (unpaired) electrons. The Hall–Kier alpha value is -0.410. The van der Waals surface area contributed by atoms with Crippen LogP contribution in [-0.4, -0.2) is 6.04 Å². The van der Waals surface area contributed by atoms with E-state index < -0.39 is 0 Å². The summed E-state index contributed by atoms with van der Waals surface area (Å²) in [5.74, 6) is 0.547. The average molecular weight is 302 g/mol. The molecule has 17 heavy (non-hydrogen) atoms. The zero-order valence-electron chi connectivity index (χ0n) is 10.8. The van der Waals surface area contributed by atoms with Crippen molar-refractivity contribution in [2.24, 2.45) is 5.92 Å². The minimum atomic E-state index is -0.200. The normalized spacial score (nSPS) is 13.1. The summed E-state index contributed by atoms with van der Waals surface area (Å²) in [4.78, 5) is 0. The molecule has 0 aliphatic heterocycles. The molecule has 0 saturated carbocycles. The second-order valence-corrected chi connectivity index (χ2v) is 5.84. The molecule has 1 aromatic carbocycles. The first-order valence-electron chi connectivity index (χ1n) is 6.16. The van der Waals surface area contributed by atoms with Crippen molar-refractivity contribution in [3.05, 3.63) is 34.1 Å². The molecule has 0 saturated heterocycles. The first-order valence-corrected chi connectivity index (χ1v) is 6.95. The largest absolute Gasteiger partial charge is 0.310 e. The van der Waals surface area contributed by atoms with Gasteiger partial charge in [-0.25, -0.2) is 4.39 Å². The molecule has 0 fully saturated rings. The fraction of sp³-hybridized carbons (Fsp3) is 0.571. The molecule has 0 bridgehead atoms. The van der Waals surface area contributed by atoms with Crippen molar-refractivity contribution in [2.45, 2.75) is 46.2 Å². The van der Waals surface area contributed by atoms with Crippen molar-refractivity contribution in [3.8, 4) is 0 Å². The van der Waals surface area contributed by atoms with Gasteiger partial charge in [0.15, 0.2) is 0 Å². The lowest BCUT2D eigenvalue weighted by Gasteiger charge is -2.15. The SMILES string of the molecule is CC(C)CCC(C)NCc1ccc(F)cc1Br. The van der Waals surface area contributed by atoms with E-state index in [1.807, 2.05) is 6.07 Å². The zero-order chi connectivity index (χ0) is 12.8. The van der Waals surface area contributed by atoms with Crippen LogP contribution in [0.2, 0.25) is 0 Å². The number of benzene rings is 1. The lowest BCUT2D eigenvalue weighted by molar-refractivity contribution is 0.450. The van der Waals surface area contributed by atoms with Crippen LogP contribution in [0.15, 0.2) is 22.7 Å². The van der Waals surface area contributed by atoms with Gasteiger partial charge in [0.2, 0.25) is 0 Å². The van der Waals surface area contributed by atoms with E-state index in [1.165, 1.54) is 25.0 Å². The summed E-state index contributed by atoms with van der Waals surface area (Å²) in [5.41, 5.74) is 1.10. The molecule has 3 heteroatoms. The van der Waals surface area contributed by atoms with Gasteiger partial charge < -0.3 is 5.32 Å². The summed E-state index contributed by atoms with van der Waals surface area (Å²) in [6.07, 6.45) is 2.41. The van der Waals surface area contributed by atoms with Gasteiger partial charge >= 0.3 is 0 Å². The summed E-state index contributed by atoms with van der Waals surface area (Å²) >= 11 is 3.38. The van der Waals surface area contributed by atoms with E-state index in [9.17, 15) is 4.39 Å². The Kier molecular flexibility index (Phi) is 6.14. The molecule has 1 atom stereocenters. The highest BCUT2D eigenvalue weighted by Crippen LogP contribution is 2.18. The smallest absolute Gasteiger partial charge is 0.124 e. The lowest BCUT2D eigenvalue weighted by Crippen LogP contribution is -2.25. The second-order valence-electron chi connectivity index (χ2n) is 4.99.